The third kappa shape index (κ3) is 3.46. The number of pyridine rings is 1. The molecule has 8 nitrogen and oxygen atoms in total. The van der Waals surface area contributed by atoms with E-state index in [1.807, 2.05) is 21.3 Å². The Morgan fingerprint density at radius 1 is 1.33 bits per heavy atom. The van der Waals surface area contributed by atoms with E-state index >= 15 is 0 Å². The van der Waals surface area contributed by atoms with E-state index in [0.29, 0.717) is 36.3 Å². The maximum absolute atomic E-state index is 13.2. The van der Waals surface area contributed by atoms with Gasteiger partial charge in [-0.25, -0.2) is 17.7 Å². The number of hydrogen-bond acceptors (Lipinski definition) is 5. The molecule has 27 heavy (non-hydrogen) atoms. The van der Waals surface area contributed by atoms with Crippen LogP contribution in [0.1, 0.15) is 18.0 Å². The summed E-state index contributed by atoms with van der Waals surface area (Å²) >= 11 is 0. The van der Waals surface area contributed by atoms with Gasteiger partial charge in [0.2, 0.25) is 10.0 Å². The topological polar surface area (TPSA) is 89.2 Å². The van der Waals surface area contributed by atoms with Crippen LogP contribution in [0.15, 0.2) is 29.3 Å². The molecule has 2 bridgehead atoms. The van der Waals surface area contributed by atoms with E-state index in [2.05, 4.69) is 10.3 Å². The summed E-state index contributed by atoms with van der Waals surface area (Å²) in [4.78, 5) is 17.6. The fourth-order valence-electron chi connectivity index (χ4n) is 4.11. The van der Waals surface area contributed by atoms with Gasteiger partial charge in [-0.1, -0.05) is 0 Å². The third-order valence-corrected chi connectivity index (χ3v) is 7.00. The minimum atomic E-state index is -3.23. The Morgan fingerprint density at radius 3 is 2.93 bits per heavy atom. The van der Waals surface area contributed by atoms with Gasteiger partial charge >= 0.3 is 0 Å². The highest BCUT2D eigenvalue weighted by molar-refractivity contribution is 7.88. The van der Waals surface area contributed by atoms with Crippen LogP contribution in [0.3, 0.4) is 0 Å². The van der Waals surface area contributed by atoms with Gasteiger partial charge < -0.3 is 14.5 Å². The van der Waals surface area contributed by atoms with Gasteiger partial charge in [0.05, 0.1) is 11.8 Å². The number of imidazole rings is 1. The number of aromatic nitrogens is 3. The predicted octanol–water partition coefficient (Wildman–Crippen LogP) is 0.310. The highest BCUT2D eigenvalue weighted by Gasteiger charge is 2.31. The molecule has 2 aromatic heterocycles. The molecule has 9 heteroatoms. The Balaban J connectivity index is 1.65. The molecular formula is C18H25N5O3S. The molecular weight excluding hydrogens is 366 g/mol. The van der Waals surface area contributed by atoms with Gasteiger partial charge in [0.25, 0.3) is 5.56 Å². The van der Waals surface area contributed by atoms with Crippen LogP contribution in [0, 0.1) is 5.92 Å². The number of fused-ring (bicyclic) bond motifs is 4. The molecule has 0 aromatic carbocycles. The van der Waals surface area contributed by atoms with Crippen LogP contribution >= 0.6 is 0 Å². The van der Waals surface area contributed by atoms with Crippen LogP contribution in [-0.4, -0.2) is 59.8 Å². The molecule has 4 heterocycles. The van der Waals surface area contributed by atoms with Crippen molar-refractivity contribution in [1.29, 1.82) is 0 Å². The zero-order valence-electron chi connectivity index (χ0n) is 15.6. The van der Waals surface area contributed by atoms with Crippen LogP contribution in [0.2, 0.25) is 0 Å². The van der Waals surface area contributed by atoms with Gasteiger partial charge in [-0.15, -0.1) is 0 Å². The van der Waals surface area contributed by atoms with E-state index < -0.39 is 10.0 Å². The Labute approximate surface area is 158 Å². The fraction of sp³-hybridized carbons (Fsp3) is 0.556. The monoisotopic (exact) mass is 391 g/mol. The van der Waals surface area contributed by atoms with Gasteiger partial charge in [0.1, 0.15) is 5.82 Å². The fourth-order valence-corrected chi connectivity index (χ4v) is 4.52. The van der Waals surface area contributed by atoms with Crippen molar-refractivity contribution in [2.45, 2.75) is 25.4 Å². The molecule has 1 saturated heterocycles. The normalized spacial score (nSPS) is 22.0. The summed E-state index contributed by atoms with van der Waals surface area (Å²) in [7, 11) is -1.69. The van der Waals surface area contributed by atoms with Crippen molar-refractivity contribution in [1.82, 2.24) is 23.7 Å². The van der Waals surface area contributed by atoms with E-state index in [1.165, 1.54) is 10.6 Å². The number of sulfonamides is 1. The Bertz CT molecular complexity index is 1010. The maximum atomic E-state index is 13.2. The first-order valence-electron chi connectivity index (χ1n) is 9.22. The molecule has 0 aliphatic carbocycles. The average Bonchev–Trinajstić information content (AvgIpc) is 3.08. The van der Waals surface area contributed by atoms with Crippen molar-refractivity contribution in [2.24, 2.45) is 5.92 Å². The van der Waals surface area contributed by atoms with Crippen LogP contribution in [0.4, 0.5) is 0 Å². The highest BCUT2D eigenvalue weighted by Crippen LogP contribution is 2.32. The molecule has 0 unspecified atom stereocenters. The molecule has 0 amide bonds. The first kappa shape index (κ1) is 18.4. The standard InChI is InChI=1S/C18H25N5O3S/c1-21(27(2,25)26)7-8-22-6-5-20-17(22)15-3-4-16-14-9-13(10-19-11-14)12-23(16)18(15)24/h3-6,13-14,19H,7-12H2,1-2H3/t13-,14+/m0/s1. The van der Waals surface area contributed by atoms with Gasteiger partial charge in [0.15, 0.2) is 0 Å². The number of nitrogens with zero attached hydrogens (tertiary/aromatic N) is 4. The van der Waals surface area contributed by atoms with Crippen molar-refractivity contribution in [2.75, 3.05) is 32.9 Å². The summed E-state index contributed by atoms with van der Waals surface area (Å²) in [6.45, 7) is 3.38. The van der Waals surface area contributed by atoms with E-state index in [-0.39, 0.29) is 5.56 Å². The number of nitrogens with one attached hydrogen (secondary N) is 1. The smallest absolute Gasteiger partial charge is 0.261 e. The number of likely N-dealkylation sites (N-methyl/N-ethyl adjacent to an activating group) is 1. The number of hydrogen-bond donors (Lipinski definition) is 1. The molecule has 1 fully saturated rings. The van der Waals surface area contributed by atoms with Crippen molar-refractivity contribution >= 4 is 10.0 Å². The third-order valence-electron chi connectivity index (χ3n) is 5.69. The van der Waals surface area contributed by atoms with Crippen molar-refractivity contribution in [3.8, 4) is 11.4 Å². The first-order valence-corrected chi connectivity index (χ1v) is 11.1. The zero-order chi connectivity index (χ0) is 19.2. The Morgan fingerprint density at radius 2 is 2.15 bits per heavy atom. The molecule has 2 aromatic rings. The molecule has 0 saturated carbocycles. The van der Waals surface area contributed by atoms with Crippen LogP contribution in [0.5, 0.6) is 0 Å². The van der Waals surface area contributed by atoms with E-state index in [9.17, 15) is 13.2 Å². The van der Waals surface area contributed by atoms with Gasteiger partial charge in [0, 0.05) is 57.2 Å². The minimum Gasteiger partial charge on any atom is -0.329 e. The van der Waals surface area contributed by atoms with Gasteiger partial charge in [-0.3, -0.25) is 4.79 Å². The first-order chi connectivity index (χ1) is 12.8. The SMILES string of the molecule is CN(CCn1ccnc1-c1ccc2n(c1=O)C[C@@H]1CNC[C@H]2C1)S(C)(=O)=O. The summed E-state index contributed by atoms with van der Waals surface area (Å²) in [6, 6.07) is 3.91. The largest absolute Gasteiger partial charge is 0.329 e. The van der Waals surface area contributed by atoms with Gasteiger partial charge in [-0.2, -0.15) is 0 Å². The van der Waals surface area contributed by atoms with Crippen molar-refractivity contribution < 1.29 is 8.42 Å². The van der Waals surface area contributed by atoms with Crippen LogP contribution in [0.25, 0.3) is 11.4 Å². The number of piperidine rings is 1. The second kappa shape index (κ2) is 6.88. The highest BCUT2D eigenvalue weighted by atomic mass is 32.2. The molecule has 1 N–H and O–H groups in total. The lowest BCUT2D eigenvalue weighted by Crippen LogP contribution is -2.45. The summed E-state index contributed by atoms with van der Waals surface area (Å²) in [5.41, 5.74) is 1.66. The van der Waals surface area contributed by atoms with E-state index in [4.69, 9.17) is 0 Å². The summed E-state index contributed by atoms with van der Waals surface area (Å²) in [6.07, 6.45) is 5.76. The lowest BCUT2D eigenvalue weighted by atomic mass is 9.84. The number of rotatable bonds is 5. The quantitative estimate of drug-likeness (QED) is 0.792. The van der Waals surface area contributed by atoms with E-state index in [0.717, 1.165) is 31.7 Å². The lowest BCUT2D eigenvalue weighted by molar-refractivity contribution is 0.257. The summed E-state index contributed by atoms with van der Waals surface area (Å²) < 4.78 is 28.3. The molecule has 146 valence electrons. The second-order valence-electron chi connectivity index (χ2n) is 7.57. The molecule has 0 radical (unpaired) electrons. The van der Waals surface area contributed by atoms with Crippen molar-refractivity contribution in [3.05, 3.63) is 40.6 Å². The van der Waals surface area contributed by atoms with Gasteiger partial charge in [-0.05, 0) is 31.0 Å². The molecule has 2 aliphatic rings. The van der Waals surface area contributed by atoms with Crippen LogP contribution < -0.4 is 10.9 Å². The van der Waals surface area contributed by atoms with Crippen LogP contribution in [-0.2, 0) is 23.1 Å². The Hall–Kier alpha value is -1.97. The Kier molecular flexibility index (Phi) is 4.69. The second-order valence-corrected chi connectivity index (χ2v) is 9.66. The molecule has 2 aliphatic heterocycles. The lowest BCUT2D eigenvalue weighted by Gasteiger charge is -2.37. The summed E-state index contributed by atoms with van der Waals surface area (Å²) in [5, 5.41) is 3.45. The summed E-state index contributed by atoms with van der Waals surface area (Å²) in [5.74, 6) is 1.47. The van der Waals surface area contributed by atoms with Crippen molar-refractivity contribution in [3.63, 3.8) is 0 Å². The van der Waals surface area contributed by atoms with E-state index in [1.54, 1.807) is 19.4 Å². The molecule has 2 atom stereocenters. The molecule has 4 rings (SSSR count). The molecule has 0 spiro atoms. The zero-order valence-corrected chi connectivity index (χ0v) is 16.4. The average molecular weight is 391 g/mol. The maximum Gasteiger partial charge on any atom is 0.261 e. The minimum absolute atomic E-state index is 0.00647. The predicted molar refractivity (Wildman–Crippen MR) is 103 cm³/mol.